The summed E-state index contributed by atoms with van der Waals surface area (Å²) in [5, 5.41) is 13.4. The topological polar surface area (TPSA) is 106 Å². The number of fused-ring (bicyclic) bond motifs is 1. The number of rotatable bonds is 8. The summed E-state index contributed by atoms with van der Waals surface area (Å²) < 4.78 is 44.7. The van der Waals surface area contributed by atoms with E-state index in [1.165, 1.54) is 19.2 Å². The van der Waals surface area contributed by atoms with Gasteiger partial charge in [-0.05, 0) is 55.7 Å². The van der Waals surface area contributed by atoms with E-state index in [2.05, 4.69) is 15.3 Å². The maximum Gasteiger partial charge on any atom is 0.198 e. The summed E-state index contributed by atoms with van der Waals surface area (Å²) in [6, 6.07) is 8.05. The van der Waals surface area contributed by atoms with Crippen molar-refractivity contribution in [1.82, 2.24) is 9.97 Å². The standard InChI is InChI=1S/C28H27F2N3O5/c1-15-10-17(38-27-21(29)4-3-5-22(27)30)8-9-19(15)26(35)20-11-31-28-24(20)25(23(36-2)12-32-28)33-16-6-7-18(13-34)37-14-16/h3-5,8-12,16,18,34H,6-7,13-14H2,1-2H3,(H2,31,32,33)/t16-,18+/m1/s1. The number of ether oxygens (including phenoxy) is 3. The van der Waals surface area contributed by atoms with Crippen molar-refractivity contribution in [2.24, 2.45) is 0 Å². The van der Waals surface area contributed by atoms with Gasteiger partial charge in [0.25, 0.3) is 0 Å². The molecule has 0 spiro atoms. The van der Waals surface area contributed by atoms with Crippen molar-refractivity contribution in [2.45, 2.75) is 31.9 Å². The number of aliphatic hydroxyl groups excluding tert-OH is 1. The van der Waals surface area contributed by atoms with Crippen molar-refractivity contribution in [2.75, 3.05) is 25.6 Å². The number of halogens is 2. The minimum atomic E-state index is -0.821. The summed E-state index contributed by atoms with van der Waals surface area (Å²) in [7, 11) is 1.53. The third kappa shape index (κ3) is 4.92. The summed E-state index contributed by atoms with van der Waals surface area (Å²) in [5.74, 6) is -1.74. The minimum Gasteiger partial charge on any atom is -0.493 e. The second-order valence-corrected chi connectivity index (χ2v) is 9.14. The molecule has 0 bridgehead atoms. The van der Waals surface area contributed by atoms with Crippen molar-refractivity contribution in [3.05, 3.63) is 77.1 Å². The quantitative estimate of drug-likeness (QED) is 0.275. The van der Waals surface area contributed by atoms with Gasteiger partial charge in [0.1, 0.15) is 11.4 Å². The number of hydrogen-bond donors (Lipinski definition) is 3. The highest BCUT2D eigenvalue weighted by Gasteiger charge is 2.26. The van der Waals surface area contributed by atoms with E-state index in [1.807, 2.05) is 0 Å². The number of anilines is 1. The number of H-pyrrole nitrogens is 1. The second-order valence-electron chi connectivity index (χ2n) is 9.14. The molecular formula is C28H27F2N3O5. The average molecular weight is 524 g/mol. The number of aliphatic hydroxyl groups is 1. The van der Waals surface area contributed by atoms with Gasteiger partial charge >= 0.3 is 0 Å². The maximum atomic E-state index is 14.0. The lowest BCUT2D eigenvalue weighted by Crippen LogP contribution is -2.36. The van der Waals surface area contributed by atoms with E-state index in [0.29, 0.717) is 52.2 Å². The minimum absolute atomic E-state index is 0.0234. The molecule has 198 valence electrons. The van der Waals surface area contributed by atoms with E-state index in [4.69, 9.17) is 14.2 Å². The molecule has 0 aliphatic carbocycles. The number of ketones is 1. The van der Waals surface area contributed by atoms with Crippen LogP contribution in [0.4, 0.5) is 14.5 Å². The average Bonchev–Trinajstić information content (AvgIpc) is 3.36. The number of nitrogens with zero attached hydrogens (tertiary/aromatic N) is 1. The predicted octanol–water partition coefficient (Wildman–Crippen LogP) is 5.13. The molecule has 38 heavy (non-hydrogen) atoms. The summed E-state index contributed by atoms with van der Waals surface area (Å²) >= 11 is 0. The molecule has 0 radical (unpaired) electrons. The Bertz CT molecular complexity index is 1460. The first-order valence-corrected chi connectivity index (χ1v) is 12.2. The van der Waals surface area contributed by atoms with Gasteiger partial charge in [-0.2, -0.15) is 0 Å². The Morgan fingerprint density at radius 2 is 2.00 bits per heavy atom. The number of benzene rings is 2. The molecule has 10 heteroatoms. The van der Waals surface area contributed by atoms with Gasteiger partial charge < -0.3 is 29.6 Å². The van der Waals surface area contributed by atoms with Crippen molar-refractivity contribution in [3.8, 4) is 17.2 Å². The van der Waals surface area contributed by atoms with Crippen LogP contribution in [0.1, 0.15) is 34.3 Å². The Balaban J connectivity index is 1.46. The molecule has 1 aliphatic rings. The second kappa shape index (κ2) is 10.8. The van der Waals surface area contributed by atoms with Crippen LogP contribution in [0.2, 0.25) is 0 Å². The number of aromatic amines is 1. The van der Waals surface area contributed by atoms with Crippen molar-refractivity contribution in [1.29, 1.82) is 0 Å². The predicted molar refractivity (Wildman–Crippen MR) is 137 cm³/mol. The zero-order valence-electron chi connectivity index (χ0n) is 20.9. The fourth-order valence-corrected chi connectivity index (χ4v) is 4.62. The van der Waals surface area contributed by atoms with Gasteiger partial charge in [0, 0.05) is 17.8 Å². The van der Waals surface area contributed by atoms with E-state index < -0.39 is 17.4 Å². The Labute approximate surface area is 217 Å². The molecule has 1 fully saturated rings. The first-order valence-electron chi connectivity index (χ1n) is 12.2. The molecule has 4 aromatic rings. The summed E-state index contributed by atoms with van der Waals surface area (Å²) in [4.78, 5) is 21.2. The Morgan fingerprint density at radius 3 is 2.66 bits per heavy atom. The number of carbonyl (C=O) groups is 1. The van der Waals surface area contributed by atoms with Crippen LogP contribution in [-0.4, -0.2) is 53.3 Å². The van der Waals surface area contributed by atoms with E-state index in [-0.39, 0.29) is 30.3 Å². The number of para-hydroxylation sites is 1. The van der Waals surface area contributed by atoms with Crippen LogP contribution >= 0.6 is 0 Å². The Morgan fingerprint density at radius 1 is 1.21 bits per heavy atom. The molecule has 2 aromatic heterocycles. The van der Waals surface area contributed by atoms with E-state index in [0.717, 1.165) is 18.6 Å². The molecule has 0 amide bonds. The molecule has 3 N–H and O–H groups in total. The number of aryl methyl sites for hydroxylation is 1. The van der Waals surface area contributed by atoms with Gasteiger partial charge in [-0.25, -0.2) is 13.8 Å². The molecular weight excluding hydrogens is 496 g/mol. The highest BCUT2D eigenvalue weighted by Crippen LogP contribution is 2.37. The normalized spacial score (nSPS) is 17.4. The third-order valence-corrected chi connectivity index (χ3v) is 6.63. The van der Waals surface area contributed by atoms with Crippen molar-refractivity contribution in [3.63, 3.8) is 0 Å². The molecule has 0 unspecified atom stereocenters. The fraction of sp³-hybridized carbons (Fsp3) is 0.286. The molecule has 0 saturated carbocycles. The molecule has 2 atom stereocenters. The van der Waals surface area contributed by atoms with Crippen LogP contribution in [-0.2, 0) is 4.74 Å². The number of methoxy groups -OCH3 is 1. The maximum absolute atomic E-state index is 14.0. The van der Waals surface area contributed by atoms with Crippen molar-refractivity contribution >= 4 is 22.5 Å². The zero-order valence-corrected chi connectivity index (χ0v) is 20.9. The highest BCUT2D eigenvalue weighted by molar-refractivity contribution is 6.19. The van der Waals surface area contributed by atoms with Gasteiger partial charge in [0.15, 0.2) is 28.9 Å². The zero-order chi connectivity index (χ0) is 26.8. The summed E-state index contributed by atoms with van der Waals surface area (Å²) in [6.07, 6.45) is 4.47. The smallest absolute Gasteiger partial charge is 0.198 e. The largest absolute Gasteiger partial charge is 0.493 e. The molecule has 2 aromatic carbocycles. The van der Waals surface area contributed by atoms with Crippen LogP contribution in [0, 0.1) is 18.6 Å². The van der Waals surface area contributed by atoms with E-state index in [1.54, 1.807) is 31.5 Å². The summed E-state index contributed by atoms with van der Waals surface area (Å²) in [5.41, 5.74) is 2.48. The van der Waals surface area contributed by atoms with Crippen molar-refractivity contribution < 1.29 is 32.9 Å². The first-order chi connectivity index (χ1) is 18.4. The lowest BCUT2D eigenvalue weighted by molar-refractivity contribution is -0.0223. The fourth-order valence-electron chi connectivity index (χ4n) is 4.62. The Kier molecular flexibility index (Phi) is 7.26. The van der Waals surface area contributed by atoms with Crippen LogP contribution in [0.15, 0.2) is 48.8 Å². The molecule has 5 rings (SSSR count). The SMILES string of the molecule is COc1cnc2[nH]cc(C(=O)c3ccc(Oc4c(F)cccc4F)cc3C)c2c1N[C@@H]1CC[C@@H](CO)OC1. The highest BCUT2D eigenvalue weighted by atomic mass is 19.1. The molecule has 1 aliphatic heterocycles. The first kappa shape index (κ1) is 25.6. The molecule has 8 nitrogen and oxygen atoms in total. The van der Waals surface area contributed by atoms with Gasteiger partial charge in [-0.15, -0.1) is 0 Å². The van der Waals surface area contributed by atoms with E-state index >= 15 is 0 Å². The van der Waals surface area contributed by atoms with Crippen LogP contribution in [0.25, 0.3) is 11.0 Å². The number of hydrogen-bond acceptors (Lipinski definition) is 7. The van der Waals surface area contributed by atoms with Gasteiger partial charge in [0.2, 0.25) is 0 Å². The van der Waals surface area contributed by atoms with Crippen LogP contribution in [0.5, 0.6) is 17.2 Å². The number of nitrogens with one attached hydrogen (secondary N) is 2. The van der Waals surface area contributed by atoms with Crippen LogP contribution in [0.3, 0.4) is 0 Å². The number of pyridine rings is 1. The van der Waals surface area contributed by atoms with Gasteiger partial charge in [-0.3, -0.25) is 4.79 Å². The van der Waals surface area contributed by atoms with E-state index in [9.17, 15) is 18.7 Å². The Hall–Kier alpha value is -4.02. The van der Waals surface area contributed by atoms with Gasteiger partial charge in [-0.1, -0.05) is 6.07 Å². The monoisotopic (exact) mass is 523 g/mol. The van der Waals surface area contributed by atoms with Gasteiger partial charge in [0.05, 0.1) is 49.3 Å². The lowest BCUT2D eigenvalue weighted by atomic mass is 9.98. The third-order valence-electron chi connectivity index (χ3n) is 6.63. The summed E-state index contributed by atoms with van der Waals surface area (Å²) in [6.45, 7) is 2.10. The van der Waals surface area contributed by atoms with Crippen LogP contribution < -0.4 is 14.8 Å². The molecule has 1 saturated heterocycles. The number of aromatic nitrogens is 2. The number of carbonyl (C=O) groups excluding carboxylic acids is 1. The molecule has 3 heterocycles. The lowest BCUT2D eigenvalue weighted by Gasteiger charge is -2.29.